The van der Waals surface area contributed by atoms with Crippen molar-refractivity contribution < 1.29 is 14.7 Å². The monoisotopic (exact) mass is 292 g/mol. The van der Waals surface area contributed by atoms with E-state index >= 15 is 0 Å². The number of carbonyl (C=O) groups is 2. The molecule has 1 saturated carbocycles. The maximum atomic E-state index is 12.2. The zero-order valence-electron chi connectivity index (χ0n) is 11.4. The Kier molecular flexibility index (Phi) is 4.09. The average Bonchev–Trinajstić information content (AvgIpc) is 2.96. The van der Waals surface area contributed by atoms with E-state index in [4.69, 9.17) is 10.4 Å². The molecule has 6 heteroatoms. The van der Waals surface area contributed by atoms with Crippen molar-refractivity contribution in [3.8, 4) is 6.07 Å². The lowest BCUT2D eigenvalue weighted by atomic mass is 9.95. The fourth-order valence-electron chi connectivity index (χ4n) is 2.62. The molecule has 20 heavy (non-hydrogen) atoms. The van der Waals surface area contributed by atoms with Gasteiger partial charge in [0.15, 0.2) is 0 Å². The molecule has 1 aliphatic carbocycles. The van der Waals surface area contributed by atoms with E-state index in [0.29, 0.717) is 23.4 Å². The van der Waals surface area contributed by atoms with Crippen molar-refractivity contribution in [1.29, 1.82) is 5.26 Å². The Labute approximate surface area is 121 Å². The van der Waals surface area contributed by atoms with Crippen molar-refractivity contribution in [2.45, 2.75) is 33.1 Å². The van der Waals surface area contributed by atoms with Gasteiger partial charge in [0.2, 0.25) is 5.91 Å². The molecule has 1 aromatic heterocycles. The summed E-state index contributed by atoms with van der Waals surface area (Å²) in [6.07, 6.45) is 1.89. The van der Waals surface area contributed by atoms with Gasteiger partial charge in [-0.25, -0.2) is 0 Å². The number of nitrogens with zero attached hydrogens (tertiary/aromatic N) is 1. The van der Waals surface area contributed by atoms with E-state index in [9.17, 15) is 9.59 Å². The standard InChI is InChI=1S/C14H16N2O3S/c1-7-8(2)20-13(11(7)6-15)16-12(17)9-4-3-5-10(9)14(18)19/h9-10H,3-5H2,1-2H3,(H,16,17)(H,18,19)/t9-,10+/m1/s1. The number of hydrogen-bond donors (Lipinski definition) is 2. The number of nitriles is 1. The molecule has 1 aromatic rings. The van der Waals surface area contributed by atoms with Crippen molar-refractivity contribution in [2.75, 3.05) is 5.32 Å². The predicted molar refractivity (Wildman–Crippen MR) is 75.6 cm³/mol. The molecule has 0 spiro atoms. The Morgan fingerprint density at radius 1 is 1.35 bits per heavy atom. The number of thiophene rings is 1. The number of aryl methyl sites for hydroxylation is 1. The molecule has 0 saturated heterocycles. The fraction of sp³-hybridized carbons (Fsp3) is 0.500. The number of amides is 1. The van der Waals surface area contributed by atoms with Gasteiger partial charge in [0.1, 0.15) is 11.1 Å². The number of hydrogen-bond acceptors (Lipinski definition) is 4. The summed E-state index contributed by atoms with van der Waals surface area (Å²) >= 11 is 1.36. The molecule has 0 aromatic carbocycles. The van der Waals surface area contributed by atoms with E-state index < -0.39 is 17.8 Å². The number of carboxylic acids is 1. The summed E-state index contributed by atoms with van der Waals surface area (Å²) in [5.41, 5.74) is 1.35. The molecule has 0 aliphatic heterocycles. The Morgan fingerprint density at radius 3 is 2.60 bits per heavy atom. The van der Waals surface area contributed by atoms with Gasteiger partial charge in [-0.2, -0.15) is 5.26 Å². The highest BCUT2D eigenvalue weighted by molar-refractivity contribution is 7.16. The first-order valence-electron chi connectivity index (χ1n) is 6.49. The van der Waals surface area contributed by atoms with E-state index in [2.05, 4.69) is 11.4 Å². The lowest BCUT2D eigenvalue weighted by Crippen LogP contribution is -2.29. The Balaban J connectivity index is 2.18. The maximum Gasteiger partial charge on any atom is 0.307 e. The van der Waals surface area contributed by atoms with Crippen molar-refractivity contribution in [3.63, 3.8) is 0 Å². The largest absolute Gasteiger partial charge is 0.481 e. The number of carbonyl (C=O) groups excluding carboxylic acids is 1. The lowest BCUT2D eigenvalue weighted by Gasteiger charge is -2.14. The van der Waals surface area contributed by atoms with Gasteiger partial charge in [-0.05, 0) is 32.3 Å². The summed E-state index contributed by atoms with van der Waals surface area (Å²) in [6, 6.07) is 2.09. The van der Waals surface area contributed by atoms with Gasteiger partial charge in [-0.15, -0.1) is 11.3 Å². The Hall–Kier alpha value is -1.87. The van der Waals surface area contributed by atoms with Crippen LogP contribution < -0.4 is 5.32 Å². The van der Waals surface area contributed by atoms with Crippen LogP contribution in [-0.2, 0) is 9.59 Å². The van der Waals surface area contributed by atoms with Crippen molar-refractivity contribution in [1.82, 2.24) is 0 Å². The van der Waals surface area contributed by atoms with Crippen LogP contribution in [0.5, 0.6) is 0 Å². The van der Waals surface area contributed by atoms with E-state index in [1.165, 1.54) is 11.3 Å². The molecule has 1 heterocycles. The summed E-state index contributed by atoms with van der Waals surface area (Å²) in [5, 5.41) is 21.5. The van der Waals surface area contributed by atoms with Crippen LogP contribution in [0.3, 0.4) is 0 Å². The van der Waals surface area contributed by atoms with Gasteiger partial charge in [0.05, 0.1) is 17.4 Å². The molecule has 2 atom stereocenters. The van der Waals surface area contributed by atoms with Gasteiger partial charge >= 0.3 is 5.97 Å². The molecular formula is C14H16N2O3S. The van der Waals surface area contributed by atoms with E-state index in [0.717, 1.165) is 16.9 Å². The van der Waals surface area contributed by atoms with Crippen LogP contribution in [0.1, 0.15) is 35.3 Å². The molecule has 0 bridgehead atoms. The second-order valence-corrected chi connectivity index (χ2v) is 6.30. The summed E-state index contributed by atoms with van der Waals surface area (Å²) in [4.78, 5) is 24.3. The topological polar surface area (TPSA) is 90.2 Å². The van der Waals surface area contributed by atoms with Crippen molar-refractivity contribution >= 4 is 28.2 Å². The van der Waals surface area contributed by atoms with Gasteiger partial charge < -0.3 is 10.4 Å². The van der Waals surface area contributed by atoms with Crippen molar-refractivity contribution in [2.24, 2.45) is 11.8 Å². The summed E-state index contributed by atoms with van der Waals surface area (Å²) in [7, 11) is 0. The van der Waals surface area contributed by atoms with E-state index in [1.807, 2.05) is 13.8 Å². The number of anilines is 1. The van der Waals surface area contributed by atoms with Crippen LogP contribution in [0.15, 0.2) is 0 Å². The minimum absolute atomic E-state index is 0.285. The summed E-state index contributed by atoms with van der Waals surface area (Å²) in [5.74, 6) is -2.31. The normalized spacial score (nSPS) is 21.4. The van der Waals surface area contributed by atoms with Crippen LogP contribution in [0.25, 0.3) is 0 Å². The quantitative estimate of drug-likeness (QED) is 0.896. The molecule has 1 fully saturated rings. The number of carboxylic acid groups (broad SMARTS) is 1. The Morgan fingerprint density at radius 2 is 2.00 bits per heavy atom. The highest BCUT2D eigenvalue weighted by Crippen LogP contribution is 2.36. The van der Waals surface area contributed by atoms with Crippen LogP contribution in [0.4, 0.5) is 5.00 Å². The first-order chi connectivity index (χ1) is 9.45. The molecule has 0 unspecified atom stereocenters. The van der Waals surface area contributed by atoms with E-state index in [-0.39, 0.29) is 5.91 Å². The second kappa shape index (κ2) is 5.63. The molecule has 106 valence electrons. The third-order valence-electron chi connectivity index (χ3n) is 3.90. The van der Waals surface area contributed by atoms with Crippen LogP contribution in [0.2, 0.25) is 0 Å². The number of rotatable bonds is 3. The second-order valence-electron chi connectivity index (χ2n) is 5.07. The van der Waals surface area contributed by atoms with Crippen LogP contribution in [-0.4, -0.2) is 17.0 Å². The third-order valence-corrected chi connectivity index (χ3v) is 5.03. The van der Waals surface area contributed by atoms with Crippen LogP contribution in [0, 0.1) is 37.0 Å². The summed E-state index contributed by atoms with van der Waals surface area (Å²) < 4.78 is 0. The average molecular weight is 292 g/mol. The molecular weight excluding hydrogens is 276 g/mol. The first kappa shape index (κ1) is 14.5. The zero-order valence-corrected chi connectivity index (χ0v) is 12.2. The van der Waals surface area contributed by atoms with Crippen LogP contribution >= 0.6 is 11.3 Å². The maximum absolute atomic E-state index is 12.2. The predicted octanol–water partition coefficient (Wildman–Crippen LogP) is 2.68. The van der Waals surface area contributed by atoms with Gasteiger partial charge in [0, 0.05) is 4.88 Å². The SMILES string of the molecule is Cc1sc(NC(=O)[C@@H]2CCC[C@@H]2C(=O)O)c(C#N)c1C. The smallest absolute Gasteiger partial charge is 0.307 e. The zero-order chi connectivity index (χ0) is 14.9. The molecule has 2 rings (SSSR count). The molecule has 1 aliphatic rings. The number of aliphatic carboxylic acids is 1. The third kappa shape index (κ3) is 2.54. The highest BCUT2D eigenvalue weighted by atomic mass is 32.1. The molecule has 0 radical (unpaired) electrons. The first-order valence-corrected chi connectivity index (χ1v) is 7.31. The minimum atomic E-state index is -0.915. The molecule has 1 amide bonds. The van der Waals surface area contributed by atoms with Crippen molar-refractivity contribution in [3.05, 3.63) is 16.0 Å². The Bertz CT molecular complexity index is 600. The lowest BCUT2D eigenvalue weighted by molar-refractivity contribution is -0.145. The van der Waals surface area contributed by atoms with Gasteiger partial charge in [-0.1, -0.05) is 6.42 Å². The van der Waals surface area contributed by atoms with Gasteiger partial charge in [-0.3, -0.25) is 9.59 Å². The molecule has 2 N–H and O–H groups in total. The number of nitrogens with one attached hydrogen (secondary N) is 1. The van der Waals surface area contributed by atoms with Gasteiger partial charge in [0.25, 0.3) is 0 Å². The highest BCUT2D eigenvalue weighted by Gasteiger charge is 2.38. The van der Waals surface area contributed by atoms with E-state index in [1.54, 1.807) is 0 Å². The minimum Gasteiger partial charge on any atom is -0.481 e. The summed E-state index contributed by atoms with van der Waals surface area (Å²) in [6.45, 7) is 3.74. The fourth-order valence-corrected chi connectivity index (χ4v) is 3.64. The molecule has 5 nitrogen and oxygen atoms in total.